The van der Waals surface area contributed by atoms with Gasteiger partial charge in [-0.15, -0.1) is 0 Å². The fourth-order valence-corrected chi connectivity index (χ4v) is 2.79. The Bertz CT molecular complexity index is 495. The molecule has 2 unspecified atom stereocenters. The number of anilines is 1. The van der Waals surface area contributed by atoms with Crippen LogP contribution in [0.25, 0.3) is 0 Å². The molecule has 6 nitrogen and oxygen atoms in total. The van der Waals surface area contributed by atoms with Crippen LogP contribution in [0.15, 0.2) is 11.0 Å². The van der Waals surface area contributed by atoms with Crippen molar-refractivity contribution in [2.45, 2.75) is 25.9 Å². The van der Waals surface area contributed by atoms with Crippen molar-refractivity contribution in [3.63, 3.8) is 0 Å². The lowest BCUT2D eigenvalue weighted by Crippen LogP contribution is -2.47. The van der Waals surface area contributed by atoms with E-state index < -0.39 is 0 Å². The van der Waals surface area contributed by atoms with Gasteiger partial charge in [-0.3, -0.25) is 4.79 Å². The molecule has 0 bridgehead atoms. The number of hydrogen-bond acceptors (Lipinski definition) is 5. The molecule has 1 aromatic heterocycles. The number of nitrogens with two attached hydrogens (primary N) is 1. The van der Waals surface area contributed by atoms with Gasteiger partial charge in [0.05, 0.1) is 25.0 Å². The van der Waals surface area contributed by atoms with E-state index in [0.29, 0.717) is 18.2 Å². The highest BCUT2D eigenvalue weighted by atomic mass is 35.5. The molecular formula is C12H19ClN4O2. The summed E-state index contributed by atoms with van der Waals surface area (Å²) in [7, 11) is 0. The number of piperidine rings is 1. The third-order valence-corrected chi connectivity index (χ3v) is 3.67. The van der Waals surface area contributed by atoms with E-state index in [1.54, 1.807) is 6.20 Å². The molecule has 1 aromatic rings. The van der Waals surface area contributed by atoms with Gasteiger partial charge in [0.25, 0.3) is 5.56 Å². The first kappa shape index (κ1) is 14.3. The summed E-state index contributed by atoms with van der Waals surface area (Å²) in [6.07, 6.45) is 2.55. The normalized spacial score (nSPS) is 23.7. The smallest absolute Gasteiger partial charge is 0.287 e. The van der Waals surface area contributed by atoms with E-state index in [-0.39, 0.29) is 29.8 Å². The monoisotopic (exact) mass is 286 g/mol. The third kappa shape index (κ3) is 3.08. The molecule has 1 saturated heterocycles. The Balaban J connectivity index is 2.30. The van der Waals surface area contributed by atoms with Crippen LogP contribution in [0.3, 0.4) is 0 Å². The standard InChI is InChI=1S/C12H19ClN4O2/c1-8-4-9(14)7-16(6-8)10-5-15-17(2-3-18)12(19)11(10)13/h5,8-9,18H,2-4,6-7,14H2,1H3. The van der Waals surface area contributed by atoms with Gasteiger partial charge in [0.2, 0.25) is 0 Å². The van der Waals surface area contributed by atoms with Crippen molar-refractivity contribution in [1.29, 1.82) is 0 Å². The van der Waals surface area contributed by atoms with E-state index in [0.717, 1.165) is 13.0 Å². The highest BCUT2D eigenvalue weighted by molar-refractivity contribution is 6.33. The van der Waals surface area contributed by atoms with Crippen molar-refractivity contribution in [1.82, 2.24) is 9.78 Å². The molecule has 0 amide bonds. The van der Waals surface area contributed by atoms with Crippen LogP contribution in [0.1, 0.15) is 13.3 Å². The zero-order chi connectivity index (χ0) is 14.0. The number of aromatic nitrogens is 2. The SMILES string of the molecule is CC1CC(N)CN(c2cnn(CCO)c(=O)c2Cl)C1. The molecule has 19 heavy (non-hydrogen) atoms. The lowest BCUT2D eigenvalue weighted by Gasteiger charge is -2.36. The second-order valence-corrected chi connectivity index (χ2v) is 5.48. The van der Waals surface area contributed by atoms with Crippen LogP contribution in [0.4, 0.5) is 5.69 Å². The van der Waals surface area contributed by atoms with Crippen molar-refractivity contribution in [2.24, 2.45) is 11.7 Å². The molecule has 0 radical (unpaired) electrons. The molecule has 2 atom stereocenters. The maximum atomic E-state index is 12.0. The second kappa shape index (κ2) is 5.90. The van der Waals surface area contributed by atoms with Gasteiger partial charge in [-0.05, 0) is 12.3 Å². The van der Waals surface area contributed by atoms with Gasteiger partial charge >= 0.3 is 0 Å². The Hall–Kier alpha value is -1.11. The van der Waals surface area contributed by atoms with Crippen LogP contribution < -0.4 is 16.2 Å². The quantitative estimate of drug-likeness (QED) is 0.821. The maximum absolute atomic E-state index is 12.0. The van der Waals surface area contributed by atoms with Crippen LogP contribution in [0.5, 0.6) is 0 Å². The summed E-state index contributed by atoms with van der Waals surface area (Å²) in [5.41, 5.74) is 6.25. The molecule has 2 heterocycles. The zero-order valence-electron chi connectivity index (χ0n) is 10.9. The van der Waals surface area contributed by atoms with Crippen LogP contribution in [0.2, 0.25) is 5.02 Å². The maximum Gasteiger partial charge on any atom is 0.287 e. The van der Waals surface area contributed by atoms with Gasteiger partial charge in [-0.25, -0.2) is 4.68 Å². The van der Waals surface area contributed by atoms with Crippen molar-refractivity contribution >= 4 is 17.3 Å². The first-order valence-electron chi connectivity index (χ1n) is 6.40. The fraction of sp³-hybridized carbons (Fsp3) is 0.667. The summed E-state index contributed by atoms with van der Waals surface area (Å²) in [6, 6.07) is 0.0830. The highest BCUT2D eigenvalue weighted by Gasteiger charge is 2.25. The highest BCUT2D eigenvalue weighted by Crippen LogP contribution is 2.26. The molecule has 0 saturated carbocycles. The van der Waals surface area contributed by atoms with Crippen LogP contribution >= 0.6 is 11.6 Å². The molecule has 1 aliphatic heterocycles. The lowest BCUT2D eigenvalue weighted by atomic mass is 9.96. The molecule has 7 heteroatoms. The number of rotatable bonds is 3. The van der Waals surface area contributed by atoms with E-state index >= 15 is 0 Å². The largest absolute Gasteiger partial charge is 0.394 e. The summed E-state index contributed by atoms with van der Waals surface area (Å²) in [4.78, 5) is 14.0. The van der Waals surface area contributed by atoms with Crippen LogP contribution in [-0.4, -0.2) is 40.6 Å². The molecule has 0 aromatic carbocycles. The van der Waals surface area contributed by atoms with E-state index in [1.165, 1.54) is 4.68 Å². The number of aliphatic hydroxyl groups is 1. The summed E-state index contributed by atoms with van der Waals surface area (Å²) in [6.45, 7) is 3.62. The Labute approximate surface area is 116 Å². The summed E-state index contributed by atoms with van der Waals surface area (Å²) in [5, 5.41) is 13.0. The molecule has 0 aliphatic carbocycles. The Morgan fingerprint density at radius 2 is 2.32 bits per heavy atom. The van der Waals surface area contributed by atoms with Crippen molar-refractivity contribution < 1.29 is 5.11 Å². The predicted octanol–water partition coefficient (Wildman–Crippen LogP) is 0.0625. The van der Waals surface area contributed by atoms with Gasteiger partial charge in [-0.1, -0.05) is 18.5 Å². The van der Waals surface area contributed by atoms with E-state index in [4.69, 9.17) is 22.4 Å². The molecule has 2 rings (SSSR count). The summed E-state index contributed by atoms with van der Waals surface area (Å²) < 4.78 is 1.17. The van der Waals surface area contributed by atoms with E-state index in [2.05, 4.69) is 12.0 Å². The number of aliphatic hydroxyl groups excluding tert-OH is 1. The summed E-state index contributed by atoms with van der Waals surface area (Å²) in [5.74, 6) is 0.458. The first-order valence-corrected chi connectivity index (χ1v) is 6.77. The van der Waals surface area contributed by atoms with E-state index in [9.17, 15) is 4.79 Å². The Morgan fingerprint density at radius 3 is 2.95 bits per heavy atom. The molecule has 3 N–H and O–H groups in total. The fourth-order valence-electron chi connectivity index (χ4n) is 2.53. The molecule has 1 fully saturated rings. The topological polar surface area (TPSA) is 84.4 Å². The zero-order valence-corrected chi connectivity index (χ0v) is 11.7. The van der Waals surface area contributed by atoms with Crippen LogP contribution in [0, 0.1) is 5.92 Å². The van der Waals surface area contributed by atoms with E-state index in [1.807, 2.05) is 4.90 Å². The molecular weight excluding hydrogens is 268 g/mol. The molecule has 1 aliphatic rings. The Morgan fingerprint density at radius 1 is 1.58 bits per heavy atom. The van der Waals surface area contributed by atoms with Crippen LogP contribution in [-0.2, 0) is 6.54 Å². The lowest BCUT2D eigenvalue weighted by molar-refractivity contribution is 0.266. The Kier molecular flexibility index (Phi) is 4.44. The van der Waals surface area contributed by atoms with Gasteiger partial charge in [0, 0.05) is 19.1 Å². The van der Waals surface area contributed by atoms with Gasteiger partial charge in [-0.2, -0.15) is 5.10 Å². The van der Waals surface area contributed by atoms with Gasteiger partial charge in [0.15, 0.2) is 0 Å². The van der Waals surface area contributed by atoms with Gasteiger partial charge in [0.1, 0.15) is 5.02 Å². The average Bonchev–Trinajstić information content (AvgIpc) is 2.34. The minimum atomic E-state index is -0.375. The van der Waals surface area contributed by atoms with Gasteiger partial charge < -0.3 is 15.7 Å². The minimum Gasteiger partial charge on any atom is -0.394 e. The predicted molar refractivity (Wildman–Crippen MR) is 74.6 cm³/mol. The summed E-state index contributed by atoms with van der Waals surface area (Å²) >= 11 is 6.13. The average molecular weight is 287 g/mol. The van der Waals surface area contributed by atoms with Crippen molar-refractivity contribution in [3.8, 4) is 0 Å². The van der Waals surface area contributed by atoms with Crippen molar-refractivity contribution in [3.05, 3.63) is 21.6 Å². The second-order valence-electron chi connectivity index (χ2n) is 5.10. The number of halogens is 1. The molecule has 0 spiro atoms. The number of hydrogen-bond donors (Lipinski definition) is 2. The van der Waals surface area contributed by atoms with Crippen molar-refractivity contribution in [2.75, 3.05) is 24.6 Å². The number of nitrogens with zero attached hydrogens (tertiary/aromatic N) is 3. The third-order valence-electron chi connectivity index (χ3n) is 3.31. The first-order chi connectivity index (χ1) is 9.02. The molecule has 106 valence electrons. The minimum absolute atomic E-state index is 0.0830.